The second-order valence-electron chi connectivity index (χ2n) is 5.44. The summed E-state index contributed by atoms with van der Waals surface area (Å²) < 4.78 is 0. The van der Waals surface area contributed by atoms with Gasteiger partial charge in [-0.1, -0.05) is 19.1 Å². The molecule has 0 aliphatic carbocycles. The monoisotopic (exact) mass is 233 g/mol. The third-order valence-corrected chi connectivity index (χ3v) is 4.08. The quantitative estimate of drug-likeness (QED) is 0.651. The fourth-order valence-electron chi connectivity index (χ4n) is 3.17. The number of amides is 1. The molecule has 90 valence electrons. The van der Waals surface area contributed by atoms with Crippen molar-refractivity contribution in [2.24, 2.45) is 5.41 Å². The summed E-state index contributed by atoms with van der Waals surface area (Å²) in [6.07, 6.45) is 1.67. The molecule has 1 amide bonds. The number of phenolic OH excluding ortho intramolecular Hbond substituents is 1. The number of hydrogen-bond acceptors (Lipinski definition) is 2. The molecule has 1 aromatic rings. The molecule has 2 aliphatic rings. The Labute approximate surface area is 100 Å². The van der Waals surface area contributed by atoms with Crippen molar-refractivity contribution in [2.45, 2.75) is 32.0 Å². The minimum absolute atomic E-state index is 0.0179. The van der Waals surface area contributed by atoms with E-state index < -0.39 is 0 Å². The van der Waals surface area contributed by atoms with Gasteiger partial charge in [-0.2, -0.15) is 0 Å². The molecule has 0 unspecified atom stereocenters. The number of hydrogen-bond donors (Lipinski definition) is 3. The zero-order valence-corrected chi connectivity index (χ0v) is 9.81. The second kappa shape index (κ2) is 3.47. The van der Waals surface area contributed by atoms with E-state index in [2.05, 4.69) is 17.6 Å². The number of benzene rings is 1. The Balaban J connectivity index is 1.87. The summed E-state index contributed by atoms with van der Waals surface area (Å²) in [5.41, 5.74) is 0.988. The van der Waals surface area contributed by atoms with E-state index >= 15 is 0 Å². The van der Waals surface area contributed by atoms with E-state index in [4.69, 9.17) is 0 Å². The van der Waals surface area contributed by atoms with Crippen molar-refractivity contribution < 1.29 is 15.2 Å². The molecule has 0 saturated carbocycles. The average molecular weight is 233 g/mol. The van der Waals surface area contributed by atoms with E-state index in [9.17, 15) is 9.90 Å². The maximum absolute atomic E-state index is 11.4. The van der Waals surface area contributed by atoms with Crippen LogP contribution in [0.2, 0.25) is 0 Å². The van der Waals surface area contributed by atoms with Gasteiger partial charge in [-0.25, -0.2) is 0 Å². The molecule has 17 heavy (non-hydrogen) atoms. The lowest BCUT2D eigenvalue weighted by atomic mass is 9.83. The van der Waals surface area contributed by atoms with Crippen LogP contribution in [0.25, 0.3) is 0 Å². The average Bonchev–Trinajstić information content (AvgIpc) is 2.68. The second-order valence-corrected chi connectivity index (χ2v) is 5.44. The van der Waals surface area contributed by atoms with Crippen molar-refractivity contribution >= 4 is 5.91 Å². The highest BCUT2D eigenvalue weighted by Gasteiger charge is 2.54. The first-order chi connectivity index (χ1) is 8.08. The van der Waals surface area contributed by atoms with Crippen molar-refractivity contribution in [1.29, 1.82) is 0 Å². The maximum Gasteiger partial charge on any atom is 0.225 e. The number of carbonyl (C=O) groups excluding carboxylic acids is 1. The molecule has 2 saturated heterocycles. The lowest BCUT2D eigenvalue weighted by Gasteiger charge is -2.15. The highest BCUT2D eigenvalue weighted by atomic mass is 16.3. The third-order valence-electron chi connectivity index (χ3n) is 4.08. The molecule has 0 spiro atoms. The van der Waals surface area contributed by atoms with E-state index in [0.717, 1.165) is 12.0 Å². The normalized spacial score (nSPS) is 35.7. The number of para-hydroxylation sites is 1. The fourth-order valence-corrected chi connectivity index (χ4v) is 3.17. The Morgan fingerprint density at radius 1 is 1.47 bits per heavy atom. The molecule has 4 N–H and O–H groups in total. The van der Waals surface area contributed by atoms with Crippen LogP contribution in [0.5, 0.6) is 5.75 Å². The zero-order valence-electron chi connectivity index (χ0n) is 9.81. The number of nitrogens with one attached hydrogen (secondary N) is 1. The highest BCUT2D eigenvalue weighted by Crippen LogP contribution is 2.42. The standard InChI is InChI=1S/C13H16N2O2/c1-13-6-9(8-4-2-3-5-10(8)16)14-12(13)15-11(17)7-13/h2-5,9,12,14,16H,6-7H2,1H3,(H,15,17)/p+1/t9-,12+,13+/m0/s1. The van der Waals surface area contributed by atoms with Gasteiger partial charge in [0.15, 0.2) is 6.17 Å². The Kier molecular flexibility index (Phi) is 2.16. The molecular formula is C13H17N2O2+. The fraction of sp³-hybridized carbons (Fsp3) is 0.462. The summed E-state index contributed by atoms with van der Waals surface area (Å²) in [5.74, 6) is 0.494. The van der Waals surface area contributed by atoms with Gasteiger partial charge in [-0.15, -0.1) is 0 Å². The lowest BCUT2D eigenvalue weighted by Crippen LogP contribution is -2.91. The van der Waals surface area contributed by atoms with Crippen molar-refractivity contribution in [1.82, 2.24) is 5.32 Å². The lowest BCUT2D eigenvalue weighted by molar-refractivity contribution is -0.714. The van der Waals surface area contributed by atoms with Crippen LogP contribution < -0.4 is 10.6 Å². The molecule has 0 aromatic heterocycles. The number of rotatable bonds is 1. The zero-order chi connectivity index (χ0) is 12.0. The molecule has 2 fully saturated rings. The van der Waals surface area contributed by atoms with E-state index in [1.165, 1.54) is 0 Å². The van der Waals surface area contributed by atoms with Gasteiger partial charge in [-0.3, -0.25) is 4.79 Å². The largest absolute Gasteiger partial charge is 0.507 e. The smallest absolute Gasteiger partial charge is 0.225 e. The van der Waals surface area contributed by atoms with Gasteiger partial charge >= 0.3 is 0 Å². The minimum atomic E-state index is 0.0179. The SMILES string of the molecule is C[C@@]12CC(=O)N[C@H]1[NH2+][C@H](c1ccccc1O)C2. The number of phenols is 1. The number of quaternary nitrogens is 1. The first-order valence-electron chi connectivity index (χ1n) is 6.01. The predicted molar refractivity (Wildman–Crippen MR) is 62.0 cm³/mol. The van der Waals surface area contributed by atoms with Crippen molar-refractivity contribution in [3.05, 3.63) is 29.8 Å². The Morgan fingerprint density at radius 2 is 2.24 bits per heavy atom. The van der Waals surface area contributed by atoms with Crippen LogP contribution in [-0.4, -0.2) is 17.2 Å². The number of carbonyl (C=O) groups is 1. The first-order valence-corrected chi connectivity index (χ1v) is 6.01. The van der Waals surface area contributed by atoms with Gasteiger partial charge in [0, 0.05) is 12.8 Å². The predicted octanol–water partition coefficient (Wildman–Crippen LogP) is 0.253. The highest BCUT2D eigenvalue weighted by molar-refractivity contribution is 5.79. The van der Waals surface area contributed by atoms with Gasteiger partial charge in [0.05, 0.1) is 11.0 Å². The molecule has 2 heterocycles. The van der Waals surface area contributed by atoms with Gasteiger partial charge < -0.3 is 15.7 Å². The number of fused-ring (bicyclic) bond motifs is 1. The van der Waals surface area contributed by atoms with Crippen LogP contribution >= 0.6 is 0 Å². The molecule has 1 aromatic carbocycles. The third kappa shape index (κ3) is 1.60. The van der Waals surface area contributed by atoms with E-state index in [-0.39, 0.29) is 23.5 Å². The van der Waals surface area contributed by atoms with Gasteiger partial charge in [-0.05, 0) is 12.1 Å². The summed E-state index contributed by atoms with van der Waals surface area (Å²) in [6, 6.07) is 7.70. The van der Waals surface area contributed by atoms with Crippen LogP contribution in [0.3, 0.4) is 0 Å². The number of nitrogens with two attached hydrogens (primary N) is 1. The van der Waals surface area contributed by atoms with Gasteiger partial charge in [0.2, 0.25) is 5.91 Å². The van der Waals surface area contributed by atoms with Crippen molar-refractivity contribution in [2.75, 3.05) is 0 Å². The molecule has 3 atom stereocenters. The Hall–Kier alpha value is -1.55. The summed E-state index contributed by atoms with van der Waals surface area (Å²) in [6.45, 7) is 2.14. The van der Waals surface area contributed by atoms with Crippen molar-refractivity contribution in [3.8, 4) is 5.75 Å². The van der Waals surface area contributed by atoms with Crippen LogP contribution in [0.15, 0.2) is 24.3 Å². The minimum Gasteiger partial charge on any atom is -0.507 e. The Bertz CT molecular complexity index is 474. The summed E-state index contributed by atoms with van der Waals surface area (Å²) in [7, 11) is 0. The molecule has 4 heteroatoms. The summed E-state index contributed by atoms with van der Waals surface area (Å²) in [4.78, 5) is 11.4. The van der Waals surface area contributed by atoms with E-state index in [0.29, 0.717) is 12.2 Å². The van der Waals surface area contributed by atoms with Crippen LogP contribution in [0, 0.1) is 5.41 Å². The molecule has 0 bridgehead atoms. The Morgan fingerprint density at radius 3 is 2.94 bits per heavy atom. The topological polar surface area (TPSA) is 65.9 Å². The maximum atomic E-state index is 11.4. The van der Waals surface area contributed by atoms with Crippen LogP contribution in [0.1, 0.15) is 31.4 Å². The molecule has 2 aliphatic heterocycles. The van der Waals surface area contributed by atoms with E-state index in [1.807, 2.05) is 18.2 Å². The molecule has 0 radical (unpaired) electrons. The van der Waals surface area contributed by atoms with Crippen molar-refractivity contribution in [3.63, 3.8) is 0 Å². The van der Waals surface area contributed by atoms with Crippen LogP contribution in [0.4, 0.5) is 0 Å². The molecular weight excluding hydrogens is 216 g/mol. The van der Waals surface area contributed by atoms with Crippen LogP contribution in [-0.2, 0) is 4.79 Å². The van der Waals surface area contributed by atoms with Gasteiger partial charge in [0.1, 0.15) is 11.8 Å². The first kappa shape index (κ1) is 10.6. The van der Waals surface area contributed by atoms with E-state index in [1.54, 1.807) is 6.07 Å². The molecule has 4 nitrogen and oxygen atoms in total. The summed E-state index contributed by atoms with van der Waals surface area (Å²) in [5, 5.41) is 15.0. The number of aromatic hydroxyl groups is 1. The van der Waals surface area contributed by atoms with Gasteiger partial charge in [0.25, 0.3) is 0 Å². The summed E-state index contributed by atoms with van der Waals surface area (Å²) >= 11 is 0. The molecule has 3 rings (SSSR count).